The van der Waals surface area contributed by atoms with Gasteiger partial charge in [-0.2, -0.15) is 10.2 Å². The third kappa shape index (κ3) is 3.62. The predicted molar refractivity (Wildman–Crippen MR) is 106 cm³/mol. The summed E-state index contributed by atoms with van der Waals surface area (Å²) in [5, 5.41) is 8.62. The Labute approximate surface area is 163 Å². The van der Waals surface area contributed by atoms with Gasteiger partial charge in [0, 0.05) is 31.9 Å². The predicted octanol–water partition coefficient (Wildman–Crippen LogP) is 3.15. The minimum atomic E-state index is -0.496. The molecule has 0 N–H and O–H groups in total. The summed E-state index contributed by atoms with van der Waals surface area (Å²) in [5.41, 5.74) is 4.20. The normalized spacial score (nSPS) is 15.0. The lowest BCUT2D eigenvalue weighted by molar-refractivity contribution is 0.0270. The maximum Gasteiger partial charge on any atom is 0.410 e. The summed E-state index contributed by atoms with van der Waals surface area (Å²) in [6.45, 7) is 6.73. The summed E-state index contributed by atoms with van der Waals surface area (Å²) in [7, 11) is 1.88. The second-order valence-corrected chi connectivity index (χ2v) is 7.94. The number of carbonyl (C=O) groups excluding carboxylic acids is 1. The molecule has 0 unspecified atom stereocenters. The summed E-state index contributed by atoms with van der Waals surface area (Å²) in [5.74, 6) is 0. The van der Waals surface area contributed by atoms with Crippen molar-refractivity contribution in [3.05, 3.63) is 42.6 Å². The van der Waals surface area contributed by atoms with Gasteiger partial charge in [0.05, 0.1) is 35.5 Å². The Morgan fingerprint density at radius 1 is 1.21 bits per heavy atom. The van der Waals surface area contributed by atoms with Crippen molar-refractivity contribution in [1.82, 2.24) is 29.3 Å². The molecule has 0 bridgehead atoms. The Balaban J connectivity index is 1.64. The fourth-order valence-electron chi connectivity index (χ4n) is 3.23. The van der Waals surface area contributed by atoms with E-state index in [-0.39, 0.29) is 6.09 Å². The summed E-state index contributed by atoms with van der Waals surface area (Å²) < 4.78 is 9.07. The van der Waals surface area contributed by atoms with E-state index in [0.29, 0.717) is 19.5 Å². The number of hydrogen-bond acceptors (Lipinski definition) is 5. The molecule has 8 heteroatoms. The average Bonchev–Trinajstić information content (AvgIpc) is 3.28. The van der Waals surface area contributed by atoms with Crippen LogP contribution in [0.4, 0.5) is 4.79 Å². The van der Waals surface area contributed by atoms with Crippen molar-refractivity contribution in [1.29, 1.82) is 0 Å². The monoisotopic (exact) mass is 380 g/mol. The molecule has 0 atom stereocenters. The van der Waals surface area contributed by atoms with E-state index in [9.17, 15) is 4.79 Å². The molecule has 4 rings (SSSR count). The van der Waals surface area contributed by atoms with Gasteiger partial charge in [-0.25, -0.2) is 14.3 Å². The number of rotatable bonds is 2. The van der Waals surface area contributed by atoms with E-state index in [1.807, 2.05) is 50.8 Å². The van der Waals surface area contributed by atoms with Crippen LogP contribution in [0.1, 0.15) is 32.9 Å². The number of nitrogens with zero attached hydrogens (tertiary/aromatic N) is 6. The van der Waals surface area contributed by atoms with E-state index in [4.69, 9.17) is 9.72 Å². The molecule has 0 aromatic carbocycles. The van der Waals surface area contributed by atoms with Crippen molar-refractivity contribution in [2.75, 3.05) is 13.1 Å². The van der Waals surface area contributed by atoms with E-state index in [0.717, 1.165) is 28.0 Å². The number of carbonyl (C=O) groups is 1. The maximum atomic E-state index is 12.3. The average molecular weight is 380 g/mol. The lowest BCUT2D eigenvalue weighted by Crippen LogP contribution is -2.39. The van der Waals surface area contributed by atoms with Crippen LogP contribution in [0.2, 0.25) is 0 Å². The number of ether oxygens (including phenoxy) is 1. The van der Waals surface area contributed by atoms with Gasteiger partial charge in [-0.05, 0) is 38.8 Å². The molecule has 0 radical (unpaired) electrons. The first-order chi connectivity index (χ1) is 13.3. The zero-order valence-corrected chi connectivity index (χ0v) is 16.6. The highest BCUT2D eigenvalue weighted by atomic mass is 16.6. The van der Waals surface area contributed by atoms with E-state index in [1.165, 1.54) is 0 Å². The molecule has 8 nitrogen and oxygen atoms in total. The van der Waals surface area contributed by atoms with Crippen LogP contribution in [-0.2, 0) is 11.8 Å². The molecule has 3 aromatic rings. The van der Waals surface area contributed by atoms with Crippen LogP contribution in [0.25, 0.3) is 22.3 Å². The van der Waals surface area contributed by atoms with E-state index in [1.54, 1.807) is 22.0 Å². The van der Waals surface area contributed by atoms with Crippen molar-refractivity contribution < 1.29 is 9.53 Å². The van der Waals surface area contributed by atoms with Gasteiger partial charge in [0.25, 0.3) is 0 Å². The van der Waals surface area contributed by atoms with Gasteiger partial charge in [0.1, 0.15) is 5.60 Å². The van der Waals surface area contributed by atoms with Crippen molar-refractivity contribution in [2.24, 2.45) is 7.05 Å². The number of fused-ring (bicyclic) bond motifs is 1. The van der Waals surface area contributed by atoms with Gasteiger partial charge in [-0.3, -0.25) is 4.68 Å². The first-order valence-electron chi connectivity index (χ1n) is 9.31. The molecule has 1 aliphatic heterocycles. The lowest BCUT2D eigenvalue weighted by Gasteiger charge is -2.29. The van der Waals surface area contributed by atoms with E-state index in [2.05, 4.69) is 16.3 Å². The first kappa shape index (κ1) is 18.2. The largest absolute Gasteiger partial charge is 0.444 e. The van der Waals surface area contributed by atoms with Crippen molar-refractivity contribution >= 4 is 17.2 Å². The summed E-state index contributed by atoms with van der Waals surface area (Å²) in [4.78, 5) is 18.9. The van der Waals surface area contributed by atoms with Gasteiger partial charge in [-0.1, -0.05) is 6.08 Å². The van der Waals surface area contributed by atoms with Gasteiger partial charge in [0.2, 0.25) is 0 Å². The second-order valence-electron chi connectivity index (χ2n) is 7.94. The zero-order valence-electron chi connectivity index (χ0n) is 16.6. The van der Waals surface area contributed by atoms with E-state index < -0.39 is 5.60 Å². The van der Waals surface area contributed by atoms with E-state index >= 15 is 0 Å². The van der Waals surface area contributed by atoms with Gasteiger partial charge in [-0.15, -0.1) is 0 Å². The molecule has 1 amide bonds. The highest BCUT2D eigenvalue weighted by Gasteiger charge is 2.25. The Kier molecular flexibility index (Phi) is 4.41. The molecule has 0 aliphatic carbocycles. The van der Waals surface area contributed by atoms with Crippen LogP contribution in [-0.4, -0.2) is 54.1 Å². The molecule has 0 saturated carbocycles. The van der Waals surface area contributed by atoms with Crippen molar-refractivity contribution in [3.8, 4) is 11.3 Å². The van der Waals surface area contributed by atoms with Crippen molar-refractivity contribution in [2.45, 2.75) is 32.8 Å². The van der Waals surface area contributed by atoms with Crippen LogP contribution in [0.15, 0.2) is 36.9 Å². The minimum Gasteiger partial charge on any atom is -0.444 e. The summed E-state index contributed by atoms with van der Waals surface area (Å²) in [6, 6.07) is 1.95. The third-order valence-electron chi connectivity index (χ3n) is 4.56. The first-order valence-corrected chi connectivity index (χ1v) is 9.31. The topological polar surface area (TPSA) is 77.5 Å². The highest BCUT2D eigenvalue weighted by molar-refractivity contribution is 5.79. The van der Waals surface area contributed by atoms with Gasteiger partial charge in [0.15, 0.2) is 0 Å². The molecule has 1 aliphatic rings. The lowest BCUT2D eigenvalue weighted by atomic mass is 10.0. The number of aromatic nitrogens is 5. The maximum absolute atomic E-state index is 12.3. The van der Waals surface area contributed by atoms with Crippen LogP contribution in [0.5, 0.6) is 0 Å². The van der Waals surface area contributed by atoms with Crippen LogP contribution in [0.3, 0.4) is 0 Å². The second kappa shape index (κ2) is 6.78. The molecule has 0 saturated heterocycles. The molecule has 28 heavy (non-hydrogen) atoms. The molecule has 146 valence electrons. The number of hydrogen-bond donors (Lipinski definition) is 0. The summed E-state index contributed by atoms with van der Waals surface area (Å²) >= 11 is 0. The molecule has 0 spiro atoms. The number of amides is 1. The standard InChI is InChI=1S/C20H24N6O2/c1-20(2,3)28-19(27)25-9-6-14(7-10-25)18-17-5-8-21-26(17)13-16(23-18)15-11-22-24(4)12-15/h5-6,8,11-13H,7,9-10H2,1-4H3. The molecular formula is C20H24N6O2. The molecular weight excluding hydrogens is 356 g/mol. The molecule has 0 fully saturated rings. The highest BCUT2D eigenvalue weighted by Crippen LogP contribution is 2.28. The Hall–Kier alpha value is -3.16. The Bertz CT molecular complexity index is 1060. The smallest absolute Gasteiger partial charge is 0.410 e. The quantitative estimate of drug-likeness (QED) is 0.682. The zero-order chi connectivity index (χ0) is 19.9. The summed E-state index contributed by atoms with van der Waals surface area (Å²) in [6.07, 6.45) is 9.88. The van der Waals surface area contributed by atoms with Crippen LogP contribution < -0.4 is 0 Å². The third-order valence-corrected chi connectivity index (χ3v) is 4.56. The molecule has 3 aromatic heterocycles. The van der Waals surface area contributed by atoms with Gasteiger partial charge >= 0.3 is 6.09 Å². The van der Waals surface area contributed by atoms with Crippen LogP contribution >= 0.6 is 0 Å². The van der Waals surface area contributed by atoms with Gasteiger partial charge < -0.3 is 9.64 Å². The Morgan fingerprint density at radius 2 is 2.04 bits per heavy atom. The van der Waals surface area contributed by atoms with Crippen LogP contribution in [0, 0.1) is 0 Å². The SMILES string of the molecule is Cn1cc(-c2cn3nccc3c(C3=CCN(C(=O)OC(C)(C)C)CC3)n2)cn1. The van der Waals surface area contributed by atoms with Crippen molar-refractivity contribution in [3.63, 3.8) is 0 Å². The molecule has 4 heterocycles. The fourth-order valence-corrected chi connectivity index (χ4v) is 3.23. The number of aryl methyl sites for hydroxylation is 1. The minimum absolute atomic E-state index is 0.283. The Morgan fingerprint density at radius 3 is 2.68 bits per heavy atom. The fraction of sp³-hybridized carbons (Fsp3) is 0.400.